The molecule has 1 aliphatic carbocycles. The number of fused-ring (bicyclic) bond motifs is 3. The Morgan fingerprint density at radius 3 is 2.25 bits per heavy atom. The molecule has 7 rings (SSSR count). The quantitative estimate of drug-likeness (QED) is 0.306. The van der Waals surface area contributed by atoms with Crippen molar-refractivity contribution in [3.8, 4) is 5.75 Å². The number of anilines is 4. The van der Waals surface area contributed by atoms with Gasteiger partial charge in [-0.1, -0.05) is 32.9 Å². The topological polar surface area (TPSA) is 71.3 Å². The summed E-state index contributed by atoms with van der Waals surface area (Å²) in [7, 11) is 1.72. The van der Waals surface area contributed by atoms with Crippen LogP contribution in [0.15, 0.2) is 48.8 Å². The highest BCUT2D eigenvalue weighted by Crippen LogP contribution is 2.41. The van der Waals surface area contributed by atoms with Crippen LogP contribution in [0.5, 0.6) is 5.75 Å². The number of ether oxygens (including phenoxy) is 1. The minimum Gasteiger partial charge on any atom is -0.497 e. The zero-order chi connectivity index (χ0) is 27.6. The van der Waals surface area contributed by atoms with Crippen molar-refractivity contribution in [2.24, 2.45) is 0 Å². The van der Waals surface area contributed by atoms with Gasteiger partial charge in [0.05, 0.1) is 13.4 Å². The molecule has 4 aromatic rings. The molecule has 1 saturated carbocycles. The lowest BCUT2D eigenvalue weighted by molar-refractivity contribution is 0.414. The zero-order valence-corrected chi connectivity index (χ0v) is 24.2. The maximum atomic E-state index is 5.38. The first kappa shape index (κ1) is 25.2. The van der Waals surface area contributed by atoms with Crippen LogP contribution in [-0.2, 0) is 5.41 Å². The van der Waals surface area contributed by atoms with Gasteiger partial charge < -0.3 is 24.4 Å². The third-order valence-corrected chi connectivity index (χ3v) is 8.85. The number of piperazine rings is 1. The molecule has 2 bridgehead atoms. The Balaban J connectivity index is 1.23. The molecule has 0 amide bonds. The second-order valence-electron chi connectivity index (χ2n) is 12.7. The molecule has 2 aromatic heterocycles. The van der Waals surface area contributed by atoms with Gasteiger partial charge in [-0.2, -0.15) is 9.97 Å². The molecule has 8 heteroatoms. The number of rotatable bonds is 6. The van der Waals surface area contributed by atoms with Crippen LogP contribution in [-0.4, -0.2) is 51.8 Å². The molecule has 208 valence electrons. The van der Waals surface area contributed by atoms with Crippen LogP contribution in [0.25, 0.3) is 11.2 Å². The Hall–Kier alpha value is -3.81. The lowest BCUT2D eigenvalue weighted by Gasteiger charge is -2.42. The Morgan fingerprint density at radius 2 is 1.60 bits per heavy atom. The first-order chi connectivity index (χ1) is 19.3. The molecule has 0 spiro atoms. The van der Waals surface area contributed by atoms with Crippen LogP contribution in [0.4, 0.5) is 23.1 Å². The van der Waals surface area contributed by atoms with Gasteiger partial charge in [0.1, 0.15) is 11.3 Å². The van der Waals surface area contributed by atoms with Crippen molar-refractivity contribution in [2.75, 3.05) is 35.3 Å². The first-order valence-corrected chi connectivity index (χ1v) is 14.6. The van der Waals surface area contributed by atoms with Crippen molar-refractivity contribution in [1.29, 1.82) is 0 Å². The summed E-state index contributed by atoms with van der Waals surface area (Å²) in [4.78, 5) is 20.0. The summed E-state index contributed by atoms with van der Waals surface area (Å²) in [5.41, 5.74) is 6.70. The molecular weight excluding hydrogens is 498 g/mol. The minimum absolute atomic E-state index is 0.0644. The molecule has 2 aromatic carbocycles. The largest absolute Gasteiger partial charge is 0.497 e. The number of methoxy groups -OCH3 is 1. The van der Waals surface area contributed by atoms with Gasteiger partial charge in [-0.3, -0.25) is 0 Å². The Kier molecular flexibility index (Phi) is 5.91. The molecule has 3 aliphatic rings. The van der Waals surface area contributed by atoms with E-state index in [0.717, 1.165) is 47.5 Å². The molecule has 4 heterocycles. The number of benzene rings is 2. The summed E-state index contributed by atoms with van der Waals surface area (Å²) in [5, 5.41) is 3.74. The van der Waals surface area contributed by atoms with Crippen LogP contribution < -0.4 is 19.9 Å². The van der Waals surface area contributed by atoms with Crippen LogP contribution in [0.3, 0.4) is 0 Å². The van der Waals surface area contributed by atoms with Gasteiger partial charge in [0.2, 0.25) is 5.95 Å². The van der Waals surface area contributed by atoms with Gasteiger partial charge in [0.15, 0.2) is 11.5 Å². The molecule has 0 radical (unpaired) electrons. The smallest absolute Gasteiger partial charge is 0.229 e. The first-order valence-electron chi connectivity index (χ1n) is 14.6. The number of aromatic nitrogens is 4. The van der Waals surface area contributed by atoms with E-state index in [4.69, 9.17) is 19.7 Å². The maximum absolute atomic E-state index is 5.38. The summed E-state index contributed by atoms with van der Waals surface area (Å²) in [6, 6.07) is 16.5. The predicted molar refractivity (Wildman–Crippen MR) is 161 cm³/mol. The normalized spacial score (nSPS) is 20.8. The highest BCUT2D eigenvalue weighted by molar-refractivity contribution is 5.87. The number of nitrogens with one attached hydrogen (secondary N) is 1. The number of nitrogens with zero attached hydrogens (tertiary/aromatic N) is 6. The molecule has 2 atom stereocenters. The van der Waals surface area contributed by atoms with Gasteiger partial charge in [-0.15, -0.1) is 0 Å². The summed E-state index contributed by atoms with van der Waals surface area (Å²) < 4.78 is 7.66. The van der Waals surface area contributed by atoms with Crippen molar-refractivity contribution in [3.63, 3.8) is 0 Å². The fraction of sp³-hybridized carbons (Fsp3) is 0.469. The third kappa shape index (κ3) is 4.43. The van der Waals surface area contributed by atoms with Crippen molar-refractivity contribution in [2.45, 2.75) is 76.9 Å². The van der Waals surface area contributed by atoms with E-state index >= 15 is 0 Å². The van der Waals surface area contributed by atoms with Gasteiger partial charge in [0, 0.05) is 42.6 Å². The molecule has 0 unspecified atom stereocenters. The average molecular weight is 538 g/mol. The summed E-state index contributed by atoms with van der Waals surface area (Å²) >= 11 is 0. The summed E-state index contributed by atoms with van der Waals surface area (Å²) in [6.07, 6.45) is 6.67. The van der Waals surface area contributed by atoms with Gasteiger partial charge in [0.25, 0.3) is 0 Å². The van der Waals surface area contributed by atoms with Crippen molar-refractivity contribution in [3.05, 3.63) is 59.9 Å². The fourth-order valence-corrected chi connectivity index (χ4v) is 6.39. The van der Waals surface area contributed by atoms with E-state index < -0.39 is 0 Å². The standard InChI is InChI=1S/C32H39N7O/c1-20-6-7-21(32(2,3)4)16-27(20)34-30-28-29(33-19-38(28)22-8-9-22)35-31(36-30)37-17-24-10-11-25(18-37)39(24)23-12-14-26(40-5)15-13-23/h6-7,12-16,19,22,24-25H,8-11,17-18H2,1-5H3,(H,34,35,36)/t24-,25+. The van der Waals surface area contributed by atoms with Crippen LogP contribution in [0.2, 0.25) is 0 Å². The monoisotopic (exact) mass is 537 g/mol. The maximum Gasteiger partial charge on any atom is 0.229 e. The number of hydrogen-bond acceptors (Lipinski definition) is 7. The second-order valence-corrected chi connectivity index (χ2v) is 12.7. The molecule has 8 nitrogen and oxygen atoms in total. The molecular formula is C32H39N7O. The Morgan fingerprint density at radius 1 is 0.900 bits per heavy atom. The summed E-state index contributed by atoms with van der Waals surface area (Å²) in [6.45, 7) is 10.7. The van der Waals surface area contributed by atoms with E-state index in [-0.39, 0.29) is 5.41 Å². The Labute approximate surface area is 236 Å². The van der Waals surface area contributed by atoms with Gasteiger partial charge >= 0.3 is 0 Å². The lowest BCUT2D eigenvalue weighted by Crippen LogP contribution is -2.54. The third-order valence-electron chi connectivity index (χ3n) is 8.85. The fourth-order valence-electron chi connectivity index (χ4n) is 6.39. The number of aryl methyl sites for hydroxylation is 1. The van der Waals surface area contributed by atoms with Crippen LogP contribution in [0, 0.1) is 6.92 Å². The van der Waals surface area contributed by atoms with Gasteiger partial charge in [-0.05, 0) is 79.5 Å². The van der Waals surface area contributed by atoms with E-state index in [1.165, 1.54) is 42.5 Å². The van der Waals surface area contributed by atoms with E-state index in [2.05, 4.69) is 89.8 Å². The molecule has 1 N–H and O–H groups in total. The van der Waals surface area contributed by atoms with Crippen molar-refractivity contribution < 1.29 is 4.74 Å². The van der Waals surface area contributed by atoms with Gasteiger partial charge in [-0.25, -0.2) is 4.98 Å². The Bertz CT molecular complexity index is 1540. The number of hydrogen-bond donors (Lipinski definition) is 1. The summed E-state index contributed by atoms with van der Waals surface area (Å²) in [5.74, 6) is 2.51. The van der Waals surface area contributed by atoms with Crippen LogP contribution in [0.1, 0.15) is 63.6 Å². The molecule has 40 heavy (non-hydrogen) atoms. The van der Waals surface area contributed by atoms with Crippen molar-refractivity contribution in [1.82, 2.24) is 19.5 Å². The van der Waals surface area contributed by atoms with E-state index in [9.17, 15) is 0 Å². The zero-order valence-electron chi connectivity index (χ0n) is 24.2. The molecule has 2 saturated heterocycles. The number of imidazole rings is 1. The second kappa shape index (κ2) is 9.39. The van der Waals surface area contributed by atoms with Crippen molar-refractivity contribution >= 4 is 34.3 Å². The van der Waals surface area contributed by atoms with Crippen LogP contribution >= 0.6 is 0 Å². The molecule has 3 fully saturated rings. The predicted octanol–water partition coefficient (Wildman–Crippen LogP) is 6.38. The SMILES string of the molecule is COc1ccc(N2[C@@H]3CC[C@H]2CN(c2nc(Nc4cc(C(C)(C)C)ccc4C)c4c(ncn4C4CC4)n2)C3)cc1. The van der Waals surface area contributed by atoms with E-state index in [1.807, 2.05) is 6.33 Å². The lowest BCUT2D eigenvalue weighted by atomic mass is 9.86. The highest BCUT2D eigenvalue weighted by atomic mass is 16.5. The minimum atomic E-state index is 0.0644. The van der Waals surface area contributed by atoms with E-state index in [0.29, 0.717) is 18.1 Å². The highest BCUT2D eigenvalue weighted by Gasteiger charge is 2.41. The average Bonchev–Trinajstić information content (AvgIpc) is 3.64. The van der Waals surface area contributed by atoms with E-state index in [1.54, 1.807) is 7.11 Å². The molecule has 2 aliphatic heterocycles.